The fourth-order valence-corrected chi connectivity index (χ4v) is 3.62. The first-order valence-electron chi connectivity index (χ1n) is 11.5. The molecule has 4 heteroatoms. The van der Waals surface area contributed by atoms with E-state index in [0.717, 1.165) is 23.1 Å². The Morgan fingerprint density at radius 1 is 0.750 bits per heavy atom. The highest BCUT2D eigenvalue weighted by atomic mass is 79.9. The van der Waals surface area contributed by atoms with Crippen molar-refractivity contribution in [1.82, 2.24) is 5.32 Å². The number of anilines is 1. The van der Waals surface area contributed by atoms with Crippen LogP contribution in [0.5, 0.6) is 0 Å². The first-order chi connectivity index (χ1) is 13.7. The van der Waals surface area contributed by atoms with Crippen molar-refractivity contribution in [2.75, 3.05) is 18.4 Å². The van der Waals surface area contributed by atoms with Gasteiger partial charge in [-0.2, -0.15) is 0 Å². The minimum atomic E-state index is 0.0672. The first kappa shape index (κ1) is 25.0. The molecule has 0 unspecified atom stereocenters. The van der Waals surface area contributed by atoms with Crippen molar-refractivity contribution >= 4 is 27.5 Å². The second-order valence-electron chi connectivity index (χ2n) is 7.81. The van der Waals surface area contributed by atoms with E-state index >= 15 is 0 Å². The van der Waals surface area contributed by atoms with Gasteiger partial charge in [0.05, 0.1) is 6.54 Å². The monoisotopic (exact) mass is 452 g/mol. The summed E-state index contributed by atoms with van der Waals surface area (Å²) >= 11 is 3.41. The summed E-state index contributed by atoms with van der Waals surface area (Å²) in [6.07, 6.45) is 19.0. The number of unbranched alkanes of at least 4 members (excludes halogenated alkanes) is 13. The van der Waals surface area contributed by atoms with Gasteiger partial charge in [0.2, 0.25) is 5.91 Å². The number of hydrogen-bond acceptors (Lipinski definition) is 2. The number of carbonyl (C=O) groups excluding carboxylic acids is 1. The predicted octanol–water partition coefficient (Wildman–Crippen LogP) is 7.46. The maximum Gasteiger partial charge on any atom is 0.239 e. The van der Waals surface area contributed by atoms with E-state index in [9.17, 15) is 4.79 Å². The van der Waals surface area contributed by atoms with Gasteiger partial charge in [0, 0.05) is 16.7 Å². The molecule has 1 aromatic rings. The van der Waals surface area contributed by atoms with Gasteiger partial charge in [-0.3, -0.25) is 4.79 Å². The van der Waals surface area contributed by atoms with E-state index in [1.165, 1.54) is 83.5 Å². The molecule has 0 saturated heterocycles. The number of benzene rings is 1. The molecule has 0 aliphatic carbocycles. The Morgan fingerprint density at radius 3 is 1.71 bits per heavy atom. The van der Waals surface area contributed by atoms with E-state index < -0.39 is 0 Å². The minimum Gasteiger partial charge on any atom is -0.376 e. The summed E-state index contributed by atoms with van der Waals surface area (Å²) in [4.78, 5) is 11.8. The summed E-state index contributed by atoms with van der Waals surface area (Å²) in [6.45, 7) is 3.40. The Labute approximate surface area is 181 Å². The van der Waals surface area contributed by atoms with E-state index in [1.54, 1.807) is 0 Å². The highest BCUT2D eigenvalue weighted by Crippen LogP contribution is 2.14. The van der Waals surface area contributed by atoms with Crippen LogP contribution in [0.25, 0.3) is 0 Å². The lowest BCUT2D eigenvalue weighted by molar-refractivity contribution is -0.119. The third kappa shape index (κ3) is 15.0. The lowest BCUT2D eigenvalue weighted by Gasteiger charge is -2.08. The summed E-state index contributed by atoms with van der Waals surface area (Å²) in [5.41, 5.74) is 0.967. The van der Waals surface area contributed by atoms with Crippen LogP contribution >= 0.6 is 15.9 Å². The van der Waals surface area contributed by atoms with Crippen LogP contribution in [0.1, 0.15) is 96.8 Å². The third-order valence-electron chi connectivity index (χ3n) is 5.15. The summed E-state index contributed by atoms with van der Waals surface area (Å²) in [7, 11) is 0. The second kappa shape index (κ2) is 18.0. The molecule has 1 amide bonds. The second-order valence-corrected chi connectivity index (χ2v) is 8.72. The largest absolute Gasteiger partial charge is 0.376 e. The molecule has 0 fully saturated rings. The Morgan fingerprint density at radius 2 is 1.21 bits per heavy atom. The zero-order valence-electron chi connectivity index (χ0n) is 17.9. The number of amides is 1. The molecule has 0 radical (unpaired) electrons. The number of carbonyl (C=O) groups is 1. The molecule has 0 heterocycles. The lowest BCUT2D eigenvalue weighted by atomic mass is 10.0. The van der Waals surface area contributed by atoms with Gasteiger partial charge in [0.15, 0.2) is 0 Å². The molecule has 0 saturated carbocycles. The van der Waals surface area contributed by atoms with Gasteiger partial charge in [-0.1, -0.05) is 106 Å². The van der Waals surface area contributed by atoms with Crippen molar-refractivity contribution in [3.8, 4) is 0 Å². The van der Waals surface area contributed by atoms with Crippen LogP contribution in [-0.4, -0.2) is 19.0 Å². The molecule has 0 bridgehead atoms. The number of rotatable bonds is 18. The van der Waals surface area contributed by atoms with E-state index in [4.69, 9.17) is 0 Å². The van der Waals surface area contributed by atoms with Crippen LogP contribution in [0, 0.1) is 0 Å². The van der Waals surface area contributed by atoms with Gasteiger partial charge >= 0.3 is 0 Å². The van der Waals surface area contributed by atoms with Gasteiger partial charge in [-0.15, -0.1) is 0 Å². The molecule has 1 aromatic carbocycles. The molecule has 1 rings (SSSR count). The summed E-state index contributed by atoms with van der Waals surface area (Å²) in [6, 6.07) is 7.86. The summed E-state index contributed by atoms with van der Waals surface area (Å²) in [5, 5.41) is 6.14. The van der Waals surface area contributed by atoms with Crippen LogP contribution in [0.3, 0.4) is 0 Å². The lowest BCUT2D eigenvalue weighted by Crippen LogP contribution is -2.30. The molecule has 0 aliphatic rings. The van der Waals surface area contributed by atoms with Crippen molar-refractivity contribution < 1.29 is 4.79 Å². The van der Waals surface area contributed by atoms with Gasteiger partial charge < -0.3 is 10.6 Å². The Balaban J connectivity index is 1.80. The highest BCUT2D eigenvalue weighted by molar-refractivity contribution is 9.10. The van der Waals surface area contributed by atoms with Crippen molar-refractivity contribution in [3.63, 3.8) is 0 Å². The van der Waals surface area contributed by atoms with Crippen molar-refractivity contribution in [1.29, 1.82) is 0 Å². The van der Waals surface area contributed by atoms with Gasteiger partial charge in [0.1, 0.15) is 0 Å². The number of nitrogens with one attached hydrogen (secondary N) is 2. The van der Waals surface area contributed by atoms with Gasteiger partial charge in [0.25, 0.3) is 0 Å². The van der Waals surface area contributed by atoms with Crippen molar-refractivity contribution in [2.45, 2.75) is 96.8 Å². The number of halogens is 1. The van der Waals surface area contributed by atoms with E-state index in [2.05, 4.69) is 33.5 Å². The maximum atomic E-state index is 11.8. The Hall–Kier alpha value is -1.03. The molecular weight excluding hydrogens is 412 g/mol. The predicted molar refractivity (Wildman–Crippen MR) is 126 cm³/mol. The first-order valence-corrected chi connectivity index (χ1v) is 12.3. The van der Waals surface area contributed by atoms with Crippen LogP contribution < -0.4 is 10.6 Å². The SMILES string of the molecule is CCCCCCCCCCCCCCCCNC(=O)CNc1ccc(Br)cc1. The third-order valence-corrected chi connectivity index (χ3v) is 5.68. The molecule has 28 heavy (non-hydrogen) atoms. The fraction of sp³-hybridized carbons (Fsp3) is 0.708. The van der Waals surface area contributed by atoms with Crippen molar-refractivity contribution in [3.05, 3.63) is 28.7 Å². The van der Waals surface area contributed by atoms with E-state index in [0.29, 0.717) is 6.54 Å². The summed E-state index contributed by atoms with van der Waals surface area (Å²) < 4.78 is 1.04. The number of hydrogen-bond donors (Lipinski definition) is 2. The van der Waals surface area contributed by atoms with Crippen LogP contribution in [0.4, 0.5) is 5.69 Å². The van der Waals surface area contributed by atoms with Crippen LogP contribution in [0.2, 0.25) is 0 Å². The van der Waals surface area contributed by atoms with Crippen LogP contribution in [-0.2, 0) is 4.79 Å². The highest BCUT2D eigenvalue weighted by Gasteiger charge is 2.00. The molecular formula is C24H41BrN2O. The zero-order valence-corrected chi connectivity index (χ0v) is 19.5. The Kier molecular flexibility index (Phi) is 16.1. The van der Waals surface area contributed by atoms with Crippen LogP contribution in [0.15, 0.2) is 28.7 Å². The molecule has 3 nitrogen and oxygen atoms in total. The fourth-order valence-electron chi connectivity index (χ4n) is 3.36. The minimum absolute atomic E-state index is 0.0672. The van der Waals surface area contributed by atoms with E-state index in [1.807, 2.05) is 24.3 Å². The molecule has 0 aromatic heterocycles. The Bertz CT molecular complexity index is 490. The average Bonchev–Trinajstić information content (AvgIpc) is 2.70. The normalized spacial score (nSPS) is 10.8. The molecule has 0 spiro atoms. The van der Waals surface area contributed by atoms with Crippen molar-refractivity contribution in [2.24, 2.45) is 0 Å². The standard InChI is InChI=1S/C24H41BrN2O/c1-2-3-4-5-6-7-8-9-10-11-12-13-14-15-20-26-24(28)21-27-23-18-16-22(25)17-19-23/h16-19,27H,2-15,20-21H2,1H3,(H,26,28). The van der Waals surface area contributed by atoms with Gasteiger partial charge in [-0.05, 0) is 30.7 Å². The maximum absolute atomic E-state index is 11.8. The van der Waals surface area contributed by atoms with E-state index in [-0.39, 0.29) is 5.91 Å². The zero-order chi connectivity index (χ0) is 20.3. The topological polar surface area (TPSA) is 41.1 Å². The average molecular weight is 454 g/mol. The molecule has 2 N–H and O–H groups in total. The quantitative estimate of drug-likeness (QED) is 0.227. The smallest absolute Gasteiger partial charge is 0.239 e. The summed E-state index contributed by atoms with van der Waals surface area (Å²) in [5.74, 6) is 0.0672. The molecule has 0 aliphatic heterocycles. The molecule has 0 atom stereocenters. The van der Waals surface area contributed by atoms with Gasteiger partial charge in [-0.25, -0.2) is 0 Å². The molecule has 160 valence electrons.